The van der Waals surface area contributed by atoms with Crippen LogP contribution in [0.4, 0.5) is 0 Å². The Labute approximate surface area is 377 Å². The molecule has 0 radical (unpaired) electrons. The van der Waals surface area contributed by atoms with Gasteiger partial charge in [-0.2, -0.15) is 4.72 Å². The number of nitrogen functional groups attached to an aromatic ring is 1. The molecule has 2 aromatic rings. The minimum Gasteiger partial charge on any atom is -0.496 e. The number of benzene rings is 2. The molecule has 6 N–H and O–H groups in total. The first kappa shape index (κ1) is 51.5. The molecule has 65 heavy (non-hydrogen) atoms. The Morgan fingerprint density at radius 1 is 0.831 bits per heavy atom. The van der Waals surface area contributed by atoms with Gasteiger partial charge in [0.05, 0.1) is 18.4 Å². The molecule has 356 valence electrons. The molecular formula is C43H58N6O15S. The summed E-state index contributed by atoms with van der Waals surface area (Å²) in [6.07, 6.45) is -6.75. The third-order valence-electron chi connectivity index (χ3n) is 10.8. The predicted octanol–water partition coefficient (Wildman–Crippen LogP) is 0.881. The molecule has 0 bridgehead atoms. The summed E-state index contributed by atoms with van der Waals surface area (Å²) < 4.78 is 64.0. The van der Waals surface area contributed by atoms with E-state index in [0.717, 1.165) is 47.0 Å². The van der Waals surface area contributed by atoms with Crippen LogP contribution in [0, 0.1) is 26.2 Å². The first-order valence-corrected chi connectivity index (χ1v) is 22.3. The molecule has 3 amide bonds. The minimum atomic E-state index is -4.66. The van der Waals surface area contributed by atoms with Crippen molar-refractivity contribution >= 4 is 57.5 Å². The normalized spacial score (nSPS) is 20.6. The third-order valence-corrected chi connectivity index (χ3v) is 12.5. The van der Waals surface area contributed by atoms with Crippen molar-refractivity contribution in [2.45, 2.75) is 128 Å². The zero-order chi connectivity index (χ0) is 48.3. The molecule has 2 heterocycles. The standard InChI is InChI=1S/C43H58N6O15S/c1-22-18-33(59-8)23(2)24(3)39(22)65(57,58)48-31(41(55)46-32(43(56)49-16-10-9-11-17-49)19-29-12-14-30(15-13-29)40(44)45)20-35(54)47-42-38(63-28(7)53)37(62-27(6)52)36(61-26(5)51)34(64-42)21-60-25(4)50/h12-15,18,31-32,34,36-38,42,48H,9-11,16-17,19-21H2,1-8H3,(H3,44,45)(H,46,55)(H,47,54). The second-order valence-electron chi connectivity index (χ2n) is 15.8. The van der Waals surface area contributed by atoms with Crippen LogP contribution in [-0.4, -0.2) is 130 Å². The Balaban J connectivity index is 1.77. The number of methoxy groups -OCH3 is 1. The zero-order valence-corrected chi connectivity index (χ0v) is 38.5. The number of nitrogens with zero attached hydrogens (tertiary/aromatic N) is 1. The Hall–Kier alpha value is -6.13. The molecule has 0 aliphatic carbocycles. The van der Waals surface area contributed by atoms with Crippen LogP contribution in [0.3, 0.4) is 0 Å². The van der Waals surface area contributed by atoms with E-state index >= 15 is 0 Å². The molecular weight excluding hydrogens is 873 g/mol. The van der Waals surface area contributed by atoms with Crippen LogP contribution in [0.25, 0.3) is 0 Å². The van der Waals surface area contributed by atoms with E-state index in [2.05, 4.69) is 15.4 Å². The number of esters is 4. The van der Waals surface area contributed by atoms with Gasteiger partial charge in [-0.3, -0.25) is 39.0 Å². The van der Waals surface area contributed by atoms with Gasteiger partial charge in [0.2, 0.25) is 27.7 Å². The number of likely N-dealkylation sites (tertiary alicyclic amines) is 1. The number of piperidine rings is 1. The smallest absolute Gasteiger partial charge is 0.303 e. The summed E-state index contributed by atoms with van der Waals surface area (Å²) in [7, 11) is -3.23. The Bertz CT molecular complexity index is 2250. The van der Waals surface area contributed by atoms with E-state index in [1.165, 1.54) is 20.1 Å². The molecule has 4 rings (SSSR count). The van der Waals surface area contributed by atoms with Crippen LogP contribution in [0.2, 0.25) is 0 Å². The number of aryl methyl sites for hydroxylation is 1. The van der Waals surface area contributed by atoms with Gasteiger partial charge in [-0.1, -0.05) is 24.3 Å². The number of amides is 3. The molecule has 2 aliphatic rings. The highest BCUT2D eigenvalue weighted by molar-refractivity contribution is 7.89. The van der Waals surface area contributed by atoms with Crippen molar-refractivity contribution in [2.75, 3.05) is 26.8 Å². The van der Waals surface area contributed by atoms with Crippen LogP contribution in [0.1, 0.15) is 81.2 Å². The summed E-state index contributed by atoms with van der Waals surface area (Å²) in [5, 5.41) is 12.9. The SMILES string of the molecule is COc1cc(C)c(S(=O)(=O)NC(CC(=O)NC2OC(COC(C)=O)C(OC(C)=O)C(OC(C)=O)C2OC(C)=O)C(=O)NC(Cc2ccc(C(=N)N)cc2)C(=O)N2CCCCC2)c(C)c1C. The Morgan fingerprint density at radius 3 is 1.97 bits per heavy atom. The summed E-state index contributed by atoms with van der Waals surface area (Å²) >= 11 is 0. The van der Waals surface area contributed by atoms with Crippen molar-refractivity contribution in [2.24, 2.45) is 5.73 Å². The van der Waals surface area contributed by atoms with Gasteiger partial charge in [0.1, 0.15) is 36.4 Å². The van der Waals surface area contributed by atoms with E-state index in [1.54, 1.807) is 43.0 Å². The van der Waals surface area contributed by atoms with Gasteiger partial charge in [0, 0.05) is 52.8 Å². The van der Waals surface area contributed by atoms with Crippen LogP contribution < -0.4 is 25.8 Å². The minimum absolute atomic E-state index is 0.0639. The van der Waals surface area contributed by atoms with Crippen molar-refractivity contribution in [3.05, 3.63) is 58.1 Å². The lowest BCUT2D eigenvalue weighted by Gasteiger charge is -2.44. The van der Waals surface area contributed by atoms with E-state index < -0.39 is 107 Å². The summed E-state index contributed by atoms with van der Waals surface area (Å²) in [5.74, 6) is -5.88. The molecule has 0 spiro atoms. The van der Waals surface area contributed by atoms with Gasteiger partial charge in [-0.15, -0.1) is 0 Å². The first-order chi connectivity index (χ1) is 30.5. The van der Waals surface area contributed by atoms with Crippen molar-refractivity contribution < 1.29 is 70.4 Å². The number of nitrogens with one attached hydrogen (secondary N) is 4. The van der Waals surface area contributed by atoms with Gasteiger partial charge in [0.25, 0.3) is 0 Å². The highest BCUT2D eigenvalue weighted by Crippen LogP contribution is 2.32. The van der Waals surface area contributed by atoms with E-state index in [0.29, 0.717) is 41.1 Å². The molecule has 2 aromatic carbocycles. The number of amidine groups is 1. The number of rotatable bonds is 18. The number of carbonyl (C=O) groups excluding carboxylic acids is 7. The van der Waals surface area contributed by atoms with E-state index in [4.69, 9.17) is 39.6 Å². The third kappa shape index (κ3) is 13.9. The second-order valence-corrected chi connectivity index (χ2v) is 17.5. The molecule has 2 aliphatic heterocycles. The average molecular weight is 931 g/mol. The lowest BCUT2D eigenvalue weighted by atomic mass is 9.97. The van der Waals surface area contributed by atoms with Gasteiger partial charge >= 0.3 is 23.9 Å². The van der Waals surface area contributed by atoms with E-state index in [9.17, 15) is 42.0 Å². The lowest BCUT2D eigenvalue weighted by Crippen LogP contribution is -2.66. The summed E-state index contributed by atoms with van der Waals surface area (Å²) in [5.41, 5.74) is 7.67. The molecule has 2 fully saturated rings. The maximum atomic E-state index is 14.6. The highest BCUT2D eigenvalue weighted by Gasteiger charge is 2.53. The van der Waals surface area contributed by atoms with E-state index in [-0.39, 0.29) is 22.7 Å². The van der Waals surface area contributed by atoms with Gasteiger partial charge in [-0.05, 0) is 68.4 Å². The first-order valence-electron chi connectivity index (χ1n) is 20.8. The average Bonchev–Trinajstić information content (AvgIpc) is 3.22. The molecule has 21 nitrogen and oxygen atoms in total. The van der Waals surface area contributed by atoms with E-state index in [1.807, 2.05) is 0 Å². The van der Waals surface area contributed by atoms with Crippen LogP contribution in [0.15, 0.2) is 35.2 Å². The largest absolute Gasteiger partial charge is 0.496 e. The summed E-state index contributed by atoms with van der Waals surface area (Å²) in [6, 6.07) is 4.76. The predicted molar refractivity (Wildman–Crippen MR) is 230 cm³/mol. The highest BCUT2D eigenvalue weighted by atomic mass is 32.2. The van der Waals surface area contributed by atoms with Crippen molar-refractivity contribution in [3.63, 3.8) is 0 Å². The lowest BCUT2D eigenvalue weighted by molar-refractivity contribution is -0.257. The fraction of sp³-hybridized carbons (Fsp3) is 0.535. The van der Waals surface area contributed by atoms with Gasteiger partial charge in [-0.25, -0.2) is 8.42 Å². The summed E-state index contributed by atoms with van der Waals surface area (Å²) in [4.78, 5) is 93.2. The Kier molecular flexibility index (Phi) is 18.0. The van der Waals surface area contributed by atoms with Gasteiger partial charge < -0.3 is 49.7 Å². The Morgan fingerprint density at radius 2 is 1.42 bits per heavy atom. The van der Waals surface area contributed by atoms with Gasteiger partial charge in [0.15, 0.2) is 24.5 Å². The van der Waals surface area contributed by atoms with Crippen LogP contribution in [0.5, 0.6) is 5.75 Å². The quantitative estimate of drug-likeness (QED) is 0.0600. The van der Waals surface area contributed by atoms with Crippen molar-refractivity contribution in [3.8, 4) is 5.75 Å². The van der Waals surface area contributed by atoms with Crippen LogP contribution >= 0.6 is 0 Å². The maximum Gasteiger partial charge on any atom is 0.303 e. The number of carbonyl (C=O) groups is 7. The molecule has 22 heteroatoms. The number of nitrogens with two attached hydrogens (primary N) is 1. The molecule has 2 saturated heterocycles. The molecule has 7 unspecified atom stereocenters. The molecule has 0 aromatic heterocycles. The number of hydrogen-bond acceptors (Lipinski definition) is 16. The fourth-order valence-corrected chi connectivity index (χ4v) is 9.41. The monoisotopic (exact) mass is 930 g/mol. The van der Waals surface area contributed by atoms with Crippen molar-refractivity contribution in [1.82, 2.24) is 20.3 Å². The zero-order valence-electron chi connectivity index (χ0n) is 37.6. The summed E-state index contributed by atoms with van der Waals surface area (Å²) in [6.45, 7) is 9.12. The second kappa shape index (κ2) is 22.7. The number of hydrogen-bond donors (Lipinski definition) is 5. The molecule has 0 saturated carbocycles. The van der Waals surface area contributed by atoms with Crippen molar-refractivity contribution in [1.29, 1.82) is 5.41 Å². The maximum absolute atomic E-state index is 14.6. The number of ether oxygens (including phenoxy) is 6. The molecule has 7 atom stereocenters. The van der Waals surface area contributed by atoms with Crippen LogP contribution in [-0.2, 0) is 73.7 Å². The number of sulfonamides is 1. The topological polar surface area (TPSA) is 298 Å². The fourth-order valence-electron chi connectivity index (χ4n) is 7.69.